The molecule has 0 aromatic heterocycles. The van der Waals surface area contributed by atoms with Crippen LogP contribution in [0.5, 0.6) is 0 Å². The number of hydrogen-bond acceptors (Lipinski definition) is 3. The lowest BCUT2D eigenvalue weighted by atomic mass is 10.1. The van der Waals surface area contributed by atoms with Gasteiger partial charge in [-0.2, -0.15) is 0 Å². The van der Waals surface area contributed by atoms with Crippen molar-refractivity contribution in [2.45, 2.75) is 13.5 Å². The molecule has 1 aromatic rings. The largest absolute Gasteiger partial charge is 0.368 e. The maximum atomic E-state index is 6.39. The Balaban J connectivity index is 2.05. The van der Waals surface area contributed by atoms with E-state index in [0.717, 1.165) is 44.3 Å². The van der Waals surface area contributed by atoms with Gasteiger partial charge in [-0.1, -0.05) is 24.6 Å². The van der Waals surface area contributed by atoms with Crippen LogP contribution < -0.4 is 10.2 Å². The van der Waals surface area contributed by atoms with Crippen LogP contribution >= 0.6 is 11.6 Å². The van der Waals surface area contributed by atoms with Crippen LogP contribution in [-0.4, -0.2) is 44.7 Å². The van der Waals surface area contributed by atoms with E-state index in [0.29, 0.717) is 0 Å². The second kappa shape index (κ2) is 6.41. The Kier molecular flexibility index (Phi) is 4.87. The van der Waals surface area contributed by atoms with Crippen molar-refractivity contribution in [1.82, 2.24) is 10.2 Å². The summed E-state index contributed by atoms with van der Waals surface area (Å²) in [5, 5.41) is 4.01. The second-order valence-corrected chi connectivity index (χ2v) is 5.14. The van der Waals surface area contributed by atoms with Crippen molar-refractivity contribution in [2.24, 2.45) is 0 Å². The third-order valence-electron chi connectivity index (χ3n) is 3.55. The minimum absolute atomic E-state index is 0.865. The van der Waals surface area contributed by atoms with Crippen LogP contribution in [0.4, 0.5) is 5.69 Å². The van der Waals surface area contributed by atoms with Crippen LogP contribution in [0, 0.1) is 0 Å². The molecule has 0 saturated carbocycles. The van der Waals surface area contributed by atoms with Crippen LogP contribution in [0.1, 0.15) is 12.5 Å². The number of hydrogen-bond donors (Lipinski definition) is 1. The Labute approximate surface area is 115 Å². The quantitative estimate of drug-likeness (QED) is 0.902. The molecule has 0 bridgehead atoms. The van der Waals surface area contributed by atoms with E-state index in [2.05, 4.69) is 40.2 Å². The van der Waals surface area contributed by atoms with Gasteiger partial charge >= 0.3 is 0 Å². The number of piperazine rings is 1. The summed E-state index contributed by atoms with van der Waals surface area (Å²) in [6.07, 6.45) is 0. The molecule has 100 valence electrons. The smallest absolute Gasteiger partial charge is 0.0642 e. The summed E-state index contributed by atoms with van der Waals surface area (Å²) in [4.78, 5) is 4.86. The van der Waals surface area contributed by atoms with E-state index in [4.69, 9.17) is 11.6 Å². The molecule has 1 aromatic carbocycles. The van der Waals surface area contributed by atoms with Crippen LogP contribution in [0.2, 0.25) is 5.02 Å². The van der Waals surface area contributed by atoms with E-state index in [9.17, 15) is 0 Å². The van der Waals surface area contributed by atoms with Gasteiger partial charge in [0.2, 0.25) is 0 Å². The number of nitrogens with one attached hydrogen (secondary N) is 1. The first-order valence-corrected chi connectivity index (χ1v) is 7.02. The first-order valence-electron chi connectivity index (χ1n) is 6.65. The molecule has 18 heavy (non-hydrogen) atoms. The maximum absolute atomic E-state index is 6.39. The summed E-state index contributed by atoms with van der Waals surface area (Å²) >= 11 is 6.39. The number of rotatable bonds is 4. The lowest BCUT2D eigenvalue weighted by Gasteiger charge is -2.36. The zero-order valence-electron chi connectivity index (χ0n) is 11.2. The third kappa shape index (κ3) is 3.16. The Morgan fingerprint density at radius 3 is 2.50 bits per heavy atom. The van der Waals surface area contributed by atoms with Gasteiger partial charge in [-0.25, -0.2) is 0 Å². The molecule has 1 fully saturated rings. The number of likely N-dealkylation sites (N-methyl/N-ethyl adjacent to an activating group) is 1. The van der Waals surface area contributed by atoms with Gasteiger partial charge in [0.1, 0.15) is 0 Å². The van der Waals surface area contributed by atoms with E-state index in [1.165, 1.54) is 11.3 Å². The monoisotopic (exact) mass is 267 g/mol. The first kappa shape index (κ1) is 13.7. The molecule has 0 amide bonds. The van der Waals surface area contributed by atoms with E-state index < -0.39 is 0 Å². The molecular formula is C14H22ClN3. The maximum Gasteiger partial charge on any atom is 0.0642 e. The highest BCUT2D eigenvalue weighted by Gasteiger charge is 2.17. The highest BCUT2D eigenvalue weighted by molar-refractivity contribution is 6.33. The van der Waals surface area contributed by atoms with Crippen LogP contribution in [0.15, 0.2) is 18.2 Å². The Morgan fingerprint density at radius 1 is 1.22 bits per heavy atom. The van der Waals surface area contributed by atoms with E-state index in [-0.39, 0.29) is 0 Å². The molecule has 0 aliphatic carbocycles. The average Bonchev–Trinajstić information content (AvgIpc) is 2.40. The van der Waals surface area contributed by atoms with Crippen LogP contribution in [-0.2, 0) is 6.54 Å². The van der Waals surface area contributed by atoms with Crippen molar-refractivity contribution in [3.63, 3.8) is 0 Å². The highest BCUT2D eigenvalue weighted by Crippen LogP contribution is 2.27. The van der Waals surface area contributed by atoms with E-state index >= 15 is 0 Å². The van der Waals surface area contributed by atoms with E-state index in [1.807, 2.05) is 7.05 Å². The molecule has 1 aliphatic heterocycles. The molecule has 2 rings (SSSR count). The van der Waals surface area contributed by atoms with Gasteiger partial charge in [0.05, 0.1) is 10.7 Å². The lowest BCUT2D eigenvalue weighted by molar-refractivity contribution is 0.271. The molecule has 1 aliphatic rings. The predicted molar refractivity (Wildman–Crippen MR) is 78.5 cm³/mol. The Morgan fingerprint density at radius 2 is 1.94 bits per heavy atom. The molecule has 1 N–H and O–H groups in total. The fourth-order valence-corrected chi connectivity index (χ4v) is 2.75. The summed E-state index contributed by atoms with van der Waals surface area (Å²) in [5.74, 6) is 0. The van der Waals surface area contributed by atoms with Gasteiger partial charge in [0, 0.05) is 32.7 Å². The van der Waals surface area contributed by atoms with Crippen molar-refractivity contribution >= 4 is 17.3 Å². The van der Waals surface area contributed by atoms with Gasteiger partial charge < -0.3 is 15.1 Å². The summed E-state index contributed by atoms with van der Waals surface area (Å²) in [5.41, 5.74) is 2.41. The normalized spacial score (nSPS) is 17.2. The fourth-order valence-electron chi connectivity index (χ4n) is 2.43. The SMILES string of the molecule is CCN1CCN(c2ccc(CNC)cc2Cl)CC1. The van der Waals surface area contributed by atoms with Crippen molar-refractivity contribution in [1.29, 1.82) is 0 Å². The van der Waals surface area contributed by atoms with Crippen molar-refractivity contribution in [2.75, 3.05) is 44.7 Å². The molecule has 1 saturated heterocycles. The summed E-state index contributed by atoms with van der Waals surface area (Å²) < 4.78 is 0. The third-order valence-corrected chi connectivity index (χ3v) is 3.86. The minimum atomic E-state index is 0.865. The molecule has 0 radical (unpaired) electrons. The fraction of sp³-hybridized carbons (Fsp3) is 0.571. The van der Waals surface area contributed by atoms with Gasteiger partial charge in [0.25, 0.3) is 0 Å². The van der Waals surface area contributed by atoms with Crippen molar-refractivity contribution in [3.05, 3.63) is 28.8 Å². The number of anilines is 1. The average molecular weight is 268 g/mol. The second-order valence-electron chi connectivity index (χ2n) is 4.74. The minimum Gasteiger partial charge on any atom is -0.368 e. The highest BCUT2D eigenvalue weighted by atomic mass is 35.5. The van der Waals surface area contributed by atoms with Gasteiger partial charge in [-0.15, -0.1) is 0 Å². The van der Waals surface area contributed by atoms with Crippen molar-refractivity contribution in [3.8, 4) is 0 Å². The molecule has 0 atom stereocenters. The standard InChI is InChI=1S/C14H22ClN3/c1-3-17-6-8-18(9-7-17)14-5-4-12(11-16-2)10-13(14)15/h4-5,10,16H,3,6-9,11H2,1-2H3. The number of nitrogens with zero attached hydrogens (tertiary/aromatic N) is 2. The molecule has 3 nitrogen and oxygen atoms in total. The zero-order chi connectivity index (χ0) is 13.0. The summed E-state index contributed by atoms with van der Waals surface area (Å²) in [6, 6.07) is 6.38. The predicted octanol–water partition coefficient (Wildman–Crippen LogP) is 2.20. The Bertz CT molecular complexity index is 387. The van der Waals surface area contributed by atoms with Gasteiger partial charge in [-0.05, 0) is 31.3 Å². The van der Waals surface area contributed by atoms with Gasteiger partial charge in [0.15, 0.2) is 0 Å². The Hall–Kier alpha value is -0.770. The van der Waals surface area contributed by atoms with Crippen LogP contribution in [0.25, 0.3) is 0 Å². The number of halogens is 1. The number of benzene rings is 1. The topological polar surface area (TPSA) is 18.5 Å². The molecule has 0 spiro atoms. The summed E-state index contributed by atoms with van der Waals surface area (Å²) in [6.45, 7) is 8.62. The molecule has 4 heteroatoms. The lowest BCUT2D eigenvalue weighted by Crippen LogP contribution is -2.46. The van der Waals surface area contributed by atoms with Crippen LogP contribution in [0.3, 0.4) is 0 Å². The molecular weight excluding hydrogens is 246 g/mol. The first-order chi connectivity index (χ1) is 8.74. The van der Waals surface area contributed by atoms with E-state index in [1.54, 1.807) is 0 Å². The molecule has 0 unspecified atom stereocenters. The summed E-state index contributed by atoms with van der Waals surface area (Å²) in [7, 11) is 1.95. The van der Waals surface area contributed by atoms with Gasteiger partial charge in [-0.3, -0.25) is 0 Å². The van der Waals surface area contributed by atoms with Crippen molar-refractivity contribution < 1.29 is 0 Å². The zero-order valence-corrected chi connectivity index (χ0v) is 12.0. The molecule has 1 heterocycles.